The predicted octanol–water partition coefficient (Wildman–Crippen LogP) is 3.65. The first-order chi connectivity index (χ1) is 10.3. The monoisotopic (exact) mass is 335 g/mol. The molecule has 2 rings (SSSR count). The van der Waals surface area contributed by atoms with Gasteiger partial charge >= 0.3 is 12.1 Å². The van der Waals surface area contributed by atoms with Gasteiger partial charge in [-0.3, -0.25) is 0 Å². The van der Waals surface area contributed by atoms with Crippen molar-refractivity contribution < 1.29 is 27.4 Å². The van der Waals surface area contributed by atoms with Crippen LogP contribution in [-0.2, 0) is 9.53 Å². The van der Waals surface area contributed by atoms with Gasteiger partial charge in [-0.15, -0.1) is 0 Å². The lowest BCUT2D eigenvalue weighted by atomic mass is 10.00. The van der Waals surface area contributed by atoms with E-state index < -0.39 is 23.8 Å². The zero-order valence-electron chi connectivity index (χ0n) is 11.8. The van der Waals surface area contributed by atoms with Crippen molar-refractivity contribution in [2.75, 3.05) is 19.0 Å². The molecule has 1 N–H and O–H groups in total. The molecule has 0 saturated heterocycles. The van der Waals surface area contributed by atoms with Gasteiger partial charge in [-0.25, -0.2) is 4.79 Å². The molecule has 4 nitrogen and oxygen atoms in total. The Morgan fingerprint density at radius 3 is 2.68 bits per heavy atom. The Hall–Kier alpha value is -1.89. The lowest BCUT2D eigenvalue weighted by Gasteiger charge is -2.29. The predicted molar refractivity (Wildman–Crippen MR) is 76.1 cm³/mol. The summed E-state index contributed by atoms with van der Waals surface area (Å²) >= 11 is 5.99. The summed E-state index contributed by atoms with van der Waals surface area (Å²) in [7, 11) is 1.56. The minimum Gasteiger partial charge on any atom is -0.475 e. The largest absolute Gasteiger partial charge is 0.475 e. The molecule has 120 valence electrons. The normalized spacial score (nSPS) is 17.2. The Morgan fingerprint density at radius 1 is 1.45 bits per heavy atom. The van der Waals surface area contributed by atoms with E-state index in [4.69, 9.17) is 16.3 Å². The van der Waals surface area contributed by atoms with Crippen LogP contribution in [0.15, 0.2) is 17.7 Å². The molecule has 1 atom stereocenters. The maximum Gasteiger partial charge on any atom is 0.430 e. The zero-order valence-corrected chi connectivity index (χ0v) is 12.5. The van der Waals surface area contributed by atoms with Gasteiger partial charge in [0.1, 0.15) is 5.75 Å². The highest BCUT2D eigenvalue weighted by molar-refractivity contribution is 6.33. The fourth-order valence-electron chi connectivity index (χ4n) is 2.12. The highest BCUT2D eigenvalue weighted by Gasteiger charge is 2.49. The van der Waals surface area contributed by atoms with E-state index in [0.29, 0.717) is 10.7 Å². The lowest BCUT2D eigenvalue weighted by molar-refractivity contribution is -0.187. The van der Waals surface area contributed by atoms with Crippen molar-refractivity contribution in [1.29, 1.82) is 0 Å². The molecular weight excluding hydrogens is 323 g/mol. The van der Waals surface area contributed by atoms with E-state index >= 15 is 0 Å². The fourth-order valence-corrected chi connectivity index (χ4v) is 2.38. The van der Waals surface area contributed by atoms with Crippen molar-refractivity contribution in [3.05, 3.63) is 28.3 Å². The van der Waals surface area contributed by atoms with E-state index in [0.717, 1.165) is 6.08 Å². The van der Waals surface area contributed by atoms with E-state index in [1.807, 2.05) is 0 Å². The second-order valence-corrected chi connectivity index (χ2v) is 4.85. The van der Waals surface area contributed by atoms with E-state index in [9.17, 15) is 18.0 Å². The Morgan fingerprint density at radius 2 is 2.14 bits per heavy atom. The summed E-state index contributed by atoms with van der Waals surface area (Å²) in [6.07, 6.45) is -6.01. The summed E-state index contributed by atoms with van der Waals surface area (Å²) in [5.74, 6) is -1.08. The van der Waals surface area contributed by atoms with Crippen LogP contribution in [0.25, 0.3) is 6.08 Å². The molecule has 0 aromatic heterocycles. The van der Waals surface area contributed by atoms with E-state index in [1.54, 1.807) is 7.05 Å². The van der Waals surface area contributed by atoms with E-state index in [-0.39, 0.29) is 17.9 Å². The molecule has 8 heteroatoms. The number of rotatable bonds is 3. The van der Waals surface area contributed by atoms with Crippen LogP contribution in [-0.4, -0.2) is 31.9 Å². The SMILES string of the molecule is CCOC(=O)C1=Cc2c(ccc(Cl)c2NC)OC1C(F)(F)F. The number of alkyl halides is 3. The summed E-state index contributed by atoms with van der Waals surface area (Å²) in [6, 6.07) is 2.75. The summed E-state index contributed by atoms with van der Waals surface area (Å²) < 4.78 is 49.1. The minimum absolute atomic E-state index is 0.0101. The average Bonchev–Trinajstić information content (AvgIpc) is 2.45. The van der Waals surface area contributed by atoms with Crippen molar-refractivity contribution in [1.82, 2.24) is 0 Å². The Balaban J connectivity index is 2.59. The van der Waals surface area contributed by atoms with Gasteiger partial charge in [0.25, 0.3) is 0 Å². The summed E-state index contributed by atoms with van der Waals surface area (Å²) in [4.78, 5) is 11.8. The average molecular weight is 336 g/mol. The molecule has 0 aliphatic carbocycles. The molecule has 1 aliphatic heterocycles. The highest BCUT2D eigenvalue weighted by atomic mass is 35.5. The Kier molecular flexibility index (Phi) is 4.55. The number of fused-ring (bicyclic) bond motifs is 1. The van der Waals surface area contributed by atoms with Crippen LogP contribution in [0.4, 0.5) is 18.9 Å². The summed E-state index contributed by atoms with van der Waals surface area (Å²) in [5.41, 5.74) is 0.0424. The van der Waals surface area contributed by atoms with E-state index in [2.05, 4.69) is 10.1 Å². The second kappa shape index (κ2) is 6.08. The number of nitrogens with one attached hydrogen (secondary N) is 1. The number of halogens is 4. The van der Waals surface area contributed by atoms with Gasteiger partial charge < -0.3 is 14.8 Å². The first-order valence-electron chi connectivity index (χ1n) is 6.42. The molecule has 1 heterocycles. The van der Waals surface area contributed by atoms with Crippen LogP contribution >= 0.6 is 11.6 Å². The lowest BCUT2D eigenvalue weighted by Crippen LogP contribution is -2.40. The standard InChI is InChI=1S/C14H13ClF3NO3/c1-3-21-13(20)8-6-7-10(22-12(8)14(16,17)18)5-4-9(15)11(7)19-2/h4-6,12,19H,3H2,1-2H3. The minimum atomic E-state index is -4.74. The zero-order chi connectivity index (χ0) is 16.5. The van der Waals surface area contributed by atoms with Gasteiger partial charge in [0.2, 0.25) is 6.10 Å². The van der Waals surface area contributed by atoms with E-state index in [1.165, 1.54) is 19.1 Å². The molecule has 1 aliphatic rings. The van der Waals surface area contributed by atoms with Gasteiger partial charge in [0.15, 0.2) is 0 Å². The molecule has 1 unspecified atom stereocenters. The maximum atomic E-state index is 13.1. The van der Waals surface area contributed by atoms with Crippen LogP contribution in [0, 0.1) is 0 Å². The summed E-state index contributed by atoms with van der Waals surface area (Å²) in [6.45, 7) is 1.47. The molecule has 1 aromatic rings. The van der Waals surface area contributed by atoms with Gasteiger partial charge in [0, 0.05) is 12.6 Å². The maximum absolute atomic E-state index is 13.1. The first kappa shape index (κ1) is 16.5. The van der Waals surface area contributed by atoms with Gasteiger partial charge in [-0.1, -0.05) is 11.6 Å². The smallest absolute Gasteiger partial charge is 0.430 e. The quantitative estimate of drug-likeness (QED) is 0.857. The number of hydrogen-bond acceptors (Lipinski definition) is 4. The van der Waals surface area contributed by atoms with Crippen LogP contribution in [0.1, 0.15) is 12.5 Å². The third-order valence-electron chi connectivity index (χ3n) is 3.04. The topological polar surface area (TPSA) is 47.6 Å². The number of benzene rings is 1. The number of carbonyl (C=O) groups is 1. The molecule has 0 radical (unpaired) electrons. The molecule has 0 fully saturated rings. The first-order valence-corrected chi connectivity index (χ1v) is 6.79. The van der Waals surface area contributed by atoms with Crippen molar-refractivity contribution in [2.24, 2.45) is 0 Å². The van der Waals surface area contributed by atoms with Crippen molar-refractivity contribution in [3.63, 3.8) is 0 Å². The molecule has 0 amide bonds. The van der Waals surface area contributed by atoms with Gasteiger partial charge in [-0.2, -0.15) is 13.2 Å². The third kappa shape index (κ3) is 2.99. The van der Waals surface area contributed by atoms with Gasteiger partial charge in [-0.05, 0) is 25.1 Å². The highest BCUT2D eigenvalue weighted by Crippen LogP contribution is 2.42. The number of esters is 1. The van der Waals surface area contributed by atoms with Crippen molar-refractivity contribution in [2.45, 2.75) is 19.2 Å². The van der Waals surface area contributed by atoms with Gasteiger partial charge in [0.05, 0.1) is 22.9 Å². The number of hydrogen-bond donors (Lipinski definition) is 1. The van der Waals surface area contributed by atoms with Crippen LogP contribution in [0.3, 0.4) is 0 Å². The molecule has 22 heavy (non-hydrogen) atoms. The molecule has 0 spiro atoms. The number of carbonyl (C=O) groups excluding carboxylic acids is 1. The Bertz CT molecular complexity index is 628. The number of anilines is 1. The summed E-state index contributed by atoms with van der Waals surface area (Å²) in [5, 5.41) is 3.08. The molecular formula is C14H13ClF3NO3. The molecule has 0 bridgehead atoms. The fraction of sp³-hybridized carbons (Fsp3) is 0.357. The van der Waals surface area contributed by atoms with Crippen LogP contribution in [0.5, 0.6) is 5.75 Å². The second-order valence-electron chi connectivity index (χ2n) is 4.44. The van der Waals surface area contributed by atoms with Crippen LogP contribution < -0.4 is 10.1 Å². The van der Waals surface area contributed by atoms with Crippen molar-refractivity contribution >= 4 is 29.3 Å². The van der Waals surface area contributed by atoms with Crippen molar-refractivity contribution in [3.8, 4) is 5.75 Å². The third-order valence-corrected chi connectivity index (χ3v) is 3.36. The molecule has 1 aromatic carbocycles. The molecule has 0 saturated carbocycles. The van der Waals surface area contributed by atoms with Crippen LogP contribution in [0.2, 0.25) is 5.02 Å². The number of ether oxygens (including phenoxy) is 2. The Labute approximate surface area is 129 Å².